The van der Waals surface area contributed by atoms with Crippen LogP contribution in [0.2, 0.25) is 0 Å². The molecule has 3 atom stereocenters. The van der Waals surface area contributed by atoms with Gasteiger partial charge < -0.3 is 14.3 Å². The van der Waals surface area contributed by atoms with Crippen molar-refractivity contribution in [1.29, 1.82) is 0 Å². The first-order valence-corrected chi connectivity index (χ1v) is 9.21. The maximum absolute atomic E-state index is 14.5. The highest BCUT2D eigenvalue weighted by molar-refractivity contribution is 5.31. The third-order valence-electron chi connectivity index (χ3n) is 5.65. The van der Waals surface area contributed by atoms with E-state index in [0.29, 0.717) is 31.8 Å². The van der Waals surface area contributed by atoms with E-state index in [1.54, 1.807) is 18.4 Å². The van der Waals surface area contributed by atoms with Gasteiger partial charge in [0.25, 0.3) is 0 Å². The molecule has 2 heterocycles. The van der Waals surface area contributed by atoms with Gasteiger partial charge >= 0.3 is 0 Å². The Morgan fingerprint density at radius 3 is 2.74 bits per heavy atom. The summed E-state index contributed by atoms with van der Waals surface area (Å²) < 4.78 is 26.2. The fourth-order valence-electron chi connectivity index (χ4n) is 3.99. The highest BCUT2D eigenvalue weighted by Crippen LogP contribution is 2.51. The van der Waals surface area contributed by atoms with Crippen LogP contribution >= 0.6 is 0 Å². The average molecular weight is 369 g/mol. The van der Waals surface area contributed by atoms with Crippen LogP contribution in [0.3, 0.4) is 0 Å². The van der Waals surface area contributed by atoms with E-state index in [-0.39, 0.29) is 17.3 Å². The minimum absolute atomic E-state index is 0.103. The van der Waals surface area contributed by atoms with Crippen molar-refractivity contribution < 1.29 is 18.7 Å². The highest BCUT2D eigenvalue weighted by Gasteiger charge is 2.58. The zero-order chi connectivity index (χ0) is 18.7. The molecule has 0 bridgehead atoms. The molecule has 2 fully saturated rings. The van der Waals surface area contributed by atoms with Gasteiger partial charge in [-0.25, -0.2) is 4.39 Å². The third-order valence-corrected chi connectivity index (χ3v) is 5.65. The predicted octanol–water partition coefficient (Wildman–Crippen LogP) is 4.08. The molecule has 0 radical (unpaired) electrons. The van der Waals surface area contributed by atoms with Gasteiger partial charge in [-0.2, -0.15) is 5.48 Å². The highest BCUT2D eigenvalue weighted by atomic mass is 19.1. The number of ether oxygens (including phenoxy) is 2. The van der Waals surface area contributed by atoms with Crippen LogP contribution in [0.5, 0.6) is 0 Å². The Kier molecular flexibility index (Phi) is 5.00. The lowest BCUT2D eigenvalue weighted by Gasteiger charge is -2.47. The molecular formula is C22H24FNO3. The van der Waals surface area contributed by atoms with Crippen LogP contribution in [0.15, 0.2) is 66.9 Å². The van der Waals surface area contributed by atoms with E-state index in [1.165, 1.54) is 6.07 Å². The van der Waals surface area contributed by atoms with Crippen LogP contribution in [-0.2, 0) is 26.5 Å². The summed E-state index contributed by atoms with van der Waals surface area (Å²) in [6, 6.07) is 16.8. The zero-order valence-corrected chi connectivity index (χ0v) is 15.4. The van der Waals surface area contributed by atoms with Gasteiger partial charge in [0.1, 0.15) is 18.0 Å². The molecule has 2 aliphatic heterocycles. The molecule has 0 amide bonds. The molecule has 1 unspecified atom stereocenters. The van der Waals surface area contributed by atoms with Gasteiger partial charge in [-0.3, -0.25) is 0 Å². The summed E-state index contributed by atoms with van der Waals surface area (Å²) in [5, 5.41) is 0. The number of nitrogens with one attached hydrogen (secondary N) is 1. The number of hydroxylamine groups is 1. The Balaban J connectivity index is 1.44. The van der Waals surface area contributed by atoms with E-state index in [4.69, 9.17) is 14.3 Å². The number of benzene rings is 2. The minimum atomic E-state index is -0.687. The molecule has 4 nitrogen and oxygen atoms in total. The molecule has 27 heavy (non-hydrogen) atoms. The SMILES string of the molecule is C[C@]12CON[C@@]1(c1ccccc1F)COC(/C=C/OCc1ccccc1)C2. The Bertz CT molecular complexity index is 812. The molecule has 1 N–H and O–H groups in total. The molecule has 2 aromatic carbocycles. The topological polar surface area (TPSA) is 39.7 Å². The van der Waals surface area contributed by atoms with Gasteiger partial charge in [0.2, 0.25) is 0 Å². The third kappa shape index (κ3) is 3.38. The molecular weight excluding hydrogens is 345 g/mol. The van der Waals surface area contributed by atoms with Gasteiger partial charge in [-0.1, -0.05) is 55.5 Å². The summed E-state index contributed by atoms with van der Waals surface area (Å²) in [7, 11) is 0. The Morgan fingerprint density at radius 1 is 1.15 bits per heavy atom. The monoisotopic (exact) mass is 369 g/mol. The van der Waals surface area contributed by atoms with Gasteiger partial charge in [-0.05, 0) is 24.1 Å². The Morgan fingerprint density at radius 2 is 1.93 bits per heavy atom. The Labute approximate surface area is 158 Å². The van der Waals surface area contributed by atoms with Crippen molar-refractivity contribution in [3.05, 3.63) is 83.9 Å². The fourth-order valence-corrected chi connectivity index (χ4v) is 3.99. The van der Waals surface area contributed by atoms with Crippen LogP contribution in [-0.4, -0.2) is 19.3 Å². The van der Waals surface area contributed by atoms with Crippen LogP contribution in [0.1, 0.15) is 24.5 Å². The summed E-state index contributed by atoms with van der Waals surface area (Å²) >= 11 is 0. The smallest absolute Gasteiger partial charge is 0.128 e. The van der Waals surface area contributed by atoms with Gasteiger partial charge in [0, 0.05) is 11.0 Å². The van der Waals surface area contributed by atoms with Crippen LogP contribution in [0.4, 0.5) is 4.39 Å². The van der Waals surface area contributed by atoms with Crippen LogP contribution in [0.25, 0.3) is 0 Å². The van der Waals surface area contributed by atoms with E-state index in [9.17, 15) is 4.39 Å². The second-order valence-corrected chi connectivity index (χ2v) is 7.52. The van der Waals surface area contributed by atoms with E-state index >= 15 is 0 Å². The summed E-state index contributed by atoms with van der Waals surface area (Å²) in [5.41, 5.74) is 3.79. The van der Waals surface area contributed by atoms with Crippen molar-refractivity contribution in [1.82, 2.24) is 5.48 Å². The second-order valence-electron chi connectivity index (χ2n) is 7.52. The van der Waals surface area contributed by atoms with E-state index in [1.807, 2.05) is 42.5 Å². The minimum Gasteiger partial charge on any atom is -0.497 e. The molecule has 5 heteroatoms. The second kappa shape index (κ2) is 7.43. The molecule has 2 saturated heterocycles. The maximum atomic E-state index is 14.5. The summed E-state index contributed by atoms with van der Waals surface area (Å²) in [6.07, 6.45) is 4.23. The summed E-state index contributed by atoms with van der Waals surface area (Å²) in [5.74, 6) is -0.245. The molecule has 2 aliphatic rings. The normalized spacial score (nSPS) is 30.4. The van der Waals surface area contributed by atoms with Crippen molar-refractivity contribution in [2.45, 2.75) is 31.6 Å². The standard InChI is InChI=1S/C22H24FNO3/c1-21-13-18(11-12-25-14-17-7-3-2-4-8-17)26-16-22(21,24-27-15-21)19-9-5-6-10-20(19)23/h2-12,18,24H,13-16H2,1H3/b12-11+/t18?,21-,22+/m0/s1. The first-order valence-electron chi connectivity index (χ1n) is 9.21. The molecule has 4 rings (SSSR count). The molecule has 2 aromatic rings. The van der Waals surface area contributed by atoms with Gasteiger partial charge in [-0.15, -0.1) is 0 Å². The zero-order valence-electron chi connectivity index (χ0n) is 15.4. The number of hydrogen-bond acceptors (Lipinski definition) is 4. The van der Waals surface area contributed by atoms with Crippen molar-refractivity contribution >= 4 is 0 Å². The largest absolute Gasteiger partial charge is 0.497 e. The lowest BCUT2D eigenvalue weighted by molar-refractivity contribution is -0.0824. The first-order chi connectivity index (χ1) is 13.1. The quantitative estimate of drug-likeness (QED) is 0.806. The Hall–Kier alpha value is -2.21. The molecule has 0 aromatic heterocycles. The van der Waals surface area contributed by atoms with Crippen LogP contribution < -0.4 is 5.48 Å². The summed E-state index contributed by atoms with van der Waals surface area (Å²) in [4.78, 5) is 5.59. The van der Waals surface area contributed by atoms with Crippen molar-refractivity contribution in [3.63, 3.8) is 0 Å². The lowest BCUT2D eigenvalue weighted by Crippen LogP contribution is -2.57. The molecule has 0 aliphatic carbocycles. The van der Waals surface area contributed by atoms with E-state index in [2.05, 4.69) is 12.4 Å². The lowest BCUT2D eigenvalue weighted by atomic mass is 9.64. The van der Waals surface area contributed by atoms with E-state index in [0.717, 1.165) is 5.56 Å². The maximum Gasteiger partial charge on any atom is 0.128 e. The predicted molar refractivity (Wildman–Crippen MR) is 100 cm³/mol. The van der Waals surface area contributed by atoms with E-state index < -0.39 is 5.54 Å². The fraction of sp³-hybridized carbons (Fsp3) is 0.364. The van der Waals surface area contributed by atoms with Gasteiger partial charge in [0.15, 0.2) is 0 Å². The molecule has 0 saturated carbocycles. The van der Waals surface area contributed by atoms with Crippen molar-refractivity contribution in [3.8, 4) is 0 Å². The average Bonchev–Trinajstić information content (AvgIpc) is 3.03. The van der Waals surface area contributed by atoms with Gasteiger partial charge in [0.05, 0.1) is 25.6 Å². The molecule has 142 valence electrons. The van der Waals surface area contributed by atoms with Crippen molar-refractivity contribution in [2.24, 2.45) is 5.41 Å². The number of halogens is 1. The number of fused-ring (bicyclic) bond motifs is 1. The summed E-state index contributed by atoms with van der Waals surface area (Å²) in [6.45, 7) is 3.47. The first kappa shape index (κ1) is 18.2. The van der Waals surface area contributed by atoms with Crippen LogP contribution in [0, 0.1) is 11.2 Å². The number of rotatable bonds is 5. The number of hydrogen-bond donors (Lipinski definition) is 1. The molecule has 0 spiro atoms. The van der Waals surface area contributed by atoms with Crippen molar-refractivity contribution in [2.75, 3.05) is 13.2 Å².